The number of nitriles is 2. The molecule has 4 heterocycles. The molecule has 1 aromatic heterocycles. The SMILES string of the molecule is CN1CCC[C@H]1COc1nc2c(c(N3CCN(C(=O)OC(C)(C)C)C(CC#N)C3)c1C#N)CCN(Cc1ccccc1)C2. The van der Waals surface area contributed by atoms with Gasteiger partial charge in [-0.05, 0) is 59.2 Å². The normalized spacial score (nSPS) is 21.2. The molecule has 3 aliphatic heterocycles. The number of carbonyl (C=O) groups is 1. The Bertz CT molecular complexity index is 1380. The molecule has 1 aromatic carbocycles. The molecule has 1 amide bonds. The number of anilines is 1. The first-order valence-corrected chi connectivity index (χ1v) is 15.3. The van der Waals surface area contributed by atoms with E-state index in [-0.39, 0.29) is 12.5 Å². The van der Waals surface area contributed by atoms with Crippen LogP contribution in [0.1, 0.15) is 62.4 Å². The predicted octanol–water partition coefficient (Wildman–Crippen LogP) is 4.32. The maximum absolute atomic E-state index is 13.1. The van der Waals surface area contributed by atoms with Gasteiger partial charge in [0.15, 0.2) is 0 Å². The van der Waals surface area contributed by atoms with Crippen molar-refractivity contribution in [3.8, 4) is 18.0 Å². The van der Waals surface area contributed by atoms with Gasteiger partial charge in [0.25, 0.3) is 0 Å². The van der Waals surface area contributed by atoms with E-state index in [1.54, 1.807) is 4.90 Å². The van der Waals surface area contributed by atoms with Crippen LogP contribution in [0.15, 0.2) is 30.3 Å². The summed E-state index contributed by atoms with van der Waals surface area (Å²) in [5, 5.41) is 20.2. The minimum Gasteiger partial charge on any atom is -0.475 e. The third-order valence-corrected chi connectivity index (χ3v) is 8.57. The quantitative estimate of drug-likeness (QED) is 0.469. The van der Waals surface area contributed by atoms with Gasteiger partial charge in [-0.25, -0.2) is 9.78 Å². The smallest absolute Gasteiger partial charge is 0.410 e. The molecular formula is C33H43N7O3. The average Bonchev–Trinajstić information content (AvgIpc) is 3.39. The zero-order valence-corrected chi connectivity index (χ0v) is 25.9. The number of amides is 1. The highest BCUT2D eigenvalue weighted by Gasteiger charge is 2.37. The van der Waals surface area contributed by atoms with E-state index in [1.165, 1.54) is 5.56 Å². The van der Waals surface area contributed by atoms with Crippen LogP contribution in [0.25, 0.3) is 0 Å². The monoisotopic (exact) mass is 585 g/mol. The number of hydrogen-bond donors (Lipinski definition) is 0. The molecule has 10 nitrogen and oxygen atoms in total. The molecule has 2 fully saturated rings. The van der Waals surface area contributed by atoms with Crippen LogP contribution in [0, 0.1) is 22.7 Å². The molecule has 43 heavy (non-hydrogen) atoms. The summed E-state index contributed by atoms with van der Waals surface area (Å²) >= 11 is 0. The number of ether oxygens (including phenoxy) is 2. The maximum Gasteiger partial charge on any atom is 0.410 e. The molecule has 0 radical (unpaired) electrons. The van der Waals surface area contributed by atoms with Gasteiger partial charge in [-0.15, -0.1) is 0 Å². The number of benzene rings is 1. The fourth-order valence-electron chi connectivity index (χ4n) is 6.38. The van der Waals surface area contributed by atoms with Crippen molar-refractivity contribution in [2.45, 2.75) is 77.2 Å². The van der Waals surface area contributed by atoms with Crippen LogP contribution in [0.2, 0.25) is 0 Å². The summed E-state index contributed by atoms with van der Waals surface area (Å²) in [6, 6.07) is 15.0. The van der Waals surface area contributed by atoms with Crippen molar-refractivity contribution in [3.63, 3.8) is 0 Å². The molecule has 0 spiro atoms. The molecule has 0 N–H and O–H groups in total. The first-order chi connectivity index (χ1) is 20.7. The summed E-state index contributed by atoms with van der Waals surface area (Å²) < 4.78 is 12.0. The molecule has 0 saturated carbocycles. The van der Waals surface area contributed by atoms with Gasteiger partial charge < -0.3 is 24.2 Å². The van der Waals surface area contributed by atoms with E-state index in [4.69, 9.17) is 14.5 Å². The molecule has 228 valence electrons. The van der Waals surface area contributed by atoms with Crippen LogP contribution in [-0.4, -0.2) is 89.8 Å². The molecule has 2 saturated heterocycles. The minimum atomic E-state index is -0.630. The van der Waals surface area contributed by atoms with E-state index in [0.29, 0.717) is 50.3 Å². The highest BCUT2D eigenvalue weighted by molar-refractivity contribution is 5.72. The van der Waals surface area contributed by atoms with Crippen molar-refractivity contribution in [1.29, 1.82) is 10.5 Å². The van der Waals surface area contributed by atoms with E-state index in [2.05, 4.69) is 58.2 Å². The summed E-state index contributed by atoms with van der Waals surface area (Å²) in [5.41, 5.74) is 3.89. The summed E-state index contributed by atoms with van der Waals surface area (Å²) in [5.74, 6) is 0.379. The number of likely N-dealkylation sites (N-methyl/N-ethyl adjacent to an activating group) is 1. The number of fused-ring (bicyclic) bond motifs is 1. The molecule has 0 aliphatic carbocycles. The molecule has 2 aromatic rings. The van der Waals surface area contributed by atoms with Gasteiger partial charge in [0.1, 0.15) is 23.8 Å². The number of likely N-dealkylation sites (tertiary alicyclic amines) is 1. The lowest BCUT2D eigenvalue weighted by Crippen LogP contribution is -2.56. The summed E-state index contributed by atoms with van der Waals surface area (Å²) in [6.45, 7) is 10.7. The first kappa shape index (κ1) is 30.6. The number of nitrogens with zero attached hydrogens (tertiary/aromatic N) is 7. The number of piperazine rings is 1. The Morgan fingerprint density at radius 2 is 1.88 bits per heavy atom. The third-order valence-electron chi connectivity index (χ3n) is 8.57. The van der Waals surface area contributed by atoms with Crippen molar-refractivity contribution >= 4 is 11.8 Å². The second kappa shape index (κ2) is 13.2. The van der Waals surface area contributed by atoms with Crippen LogP contribution in [-0.2, 0) is 24.2 Å². The van der Waals surface area contributed by atoms with Crippen molar-refractivity contribution in [2.24, 2.45) is 0 Å². The van der Waals surface area contributed by atoms with Crippen molar-refractivity contribution in [1.82, 2.24) is 19.7 Å². The zero-order valence-electron chi connectivity index (χ0n) is 25.9. The van der Waals surface area contributed by atoms with Crippen LogP contribution < -0.4 is 9.64 Å². The Labute approximate surface area is 255 Å². The standard InChI is InChI=1S/C33H43N7O3/c1-33(2,3)43-32(41)40-18-17-39(21-25(40)12-14-34)30-27-13-16-38(20-24-9-6-5-7-10-24)22-29(27)36-31(28(30)19-35)42-23-26-11-8-15-37(26)4/h5-7,9-10,25-26H,8,11-13,15-18,20-23H2,1-4H3/t25?,26-/m0/s1. The summed E-state index contributed by atoms with van der Waals surface area (Å²) in [7, 11) is 2.11. The summed E-state index contributed by atoms with van der Waals surface area (Å²) in [6.07, 6.45) is 2.71. The number of hydrogen-bond acceptors (Lipinski definition) is 9. The second-order valence-electron chi connectivity index (χ2n) is 12.8. The van der Waals surface area contributed by atoms with Gasteiger partial charge in [-0.1, -0.05) is 30.3 Å². The van der Waals surface area contributed by atoms with E-state index < -0.39 is 11.7 Å². The number of pyridine rings is 1. The largest absolute Gasteiger partial charge is 0.475 e. The topological polar surface area (TPSA) is 109 Å². The maximum atomic E-state index is 13.1. The van der Waals surface area contributed by atoms with Gasteiger partial charge >= 0.3 is 6.09 Å². The van der Waals surface area contributed by atoms with Gasteiger partial charge in [-0.2, -0.15) is 10.5 Å². The molecule has 2 atom stereocenters. The third kappa shape index (κ3) is 7.21. The predicted molar refractivity (Wildman–Crippen MR) is 164 cm³/mol. The molecule has 1 unspecified atom stereocenters. The second-order valence-corrected chi connectivity index (χ2v) is 12.8. The van der Waals surface area contributed by atoms with E-state index in [0.717, 1.165) is 55.8 Å². The number of rotatable bonds is 7. The highest BCUT2D eigenvalue weighted by atomic mass is 16.6. The van der Waals surface area contributed by atoms with Crippen LogP contribution in [0.4, 0.5) is 10.5 Å². The lowest BCUT2D eigenvalue weighted by Gasteiger charge is -2.43. The lowest BCUT2D eigenvalue weighted by molar-refractivity contribution is 0.0145. The fraction of sp³-hybridized carbons (Fsp3) is 0.576. The summed E-state index contributed by atoms with van der Waals surface area (Å²) in [4.78, 5) is 26.6. The van der Waals surface area contributed by atoms with Crippen LogP contribution in [0.3, 0.4) is 0 Å². The Hall–Kier alpha value is -3.86. The van der Waals surface area contributed by atoms with Crippen molar-refractivity contribution < 1.29 is 14.3 Å². The van der Waals surface area contributed by atoms with Crippen molar-refractivity contribution in [2.75, 3.05) is 51.3 Å². The van der Waals surface area contributed by atoms with Crippen LogP contribution >= 0.6 is 0 Å². The van der Waals surface area contributed by atoms with Crippen molar-refractivity contribution in [3.05, 3.63) is 52.7 Å². The van der Waals surface area contributed by atoms with Gasteiger partial charge in [0.05, 0.1) is 29.9 Å². The van der Waals surface area contributed by atoms with E-state index in [9.17, 15) is 15.3 Å². The number of carbonyl (C=O) groups excluding carboxylic acids is 1. The molecule has 3 aliphatic rings. The minimum absolute atomic E-state index is 0.174. The van der Waals surface area contributed by atoms with Crippen LogP contribution in [0.5, 0.6) is 5.88 Å². The Balaban J connectivity index is 1.46. The average molecular weight is 586 g/mol. The van der Waals surface area contributed by atoms with Gasteiger partial charge in [0, 0.05) is 50.9 Å². The molecule has 10 heteroatoms. The molecular weight excluding hydrogens is 542 g/mol. The first-order valence-electron chi connectivity index (χ1n) is 15.3. The Morgan fingerprint density at radius 3 is 2.56 bits per heavy atom. The Kier molecular flexibility index (Phi) is 9.39. The number of aromatic nitrogens is 1. The van der Waals surface area contributed by atoms with Gasteiger partial charge in [-0.3, -0.25) is 4.90 Å². The van der Waals surface area contributed by atoms with Gasteiger partial charge in [0.2, 0.25) is 5.88 Å². The van der Waals surface area contributed by atoms with E-state index >= 15 is 0 Å². The molecule has 0 bridgehead atoms. The zero-order chi connectivity index (χ0) is 30.6. The fourth-order valence-corrected chi connectivity index (χ4v) is 6.38. The lowest BCUT2D eigenvalue weighted by atomic mass is 9.97. The highest BCUT2D eigenvalue weighted by Crippen LogP contribution is 2.38. The van der Waals surface area contributed by atoms with E-state index in [1.807, 2.05) is 26.8 Å². The Morgan fingerprint density at radius 1 is 1.09 bits per heavy atom. The molecule has 5 rings (SSSR count).